The first-order valence-electron chi connectivity index (χ1n) is 6.16. The number of rotatable bonds is 3. The number of amides is 1. The van der Waals surface area contributed by atoms with Crippen LogP contribution in [0.15, 0.2) is 9.50 Å². The molecule has 9 nitrogen and oxygen atoms in total. The zero-order valence-corrected chi connectivity index (χ0v) is 13.1. The summed E-state index contributed by atoms with van der Waals surface area (Å²) >= 11 is 0.806. The van der Waals surface area contributed by atoms with Gasteiger partial charge < -0.3 is 10.5 Å². The second kappa shape index (κ2) is 6.03. The number of hydrogen-bond acceptors (Lipinski definition) is 8. The first-order chi connectivity index (χ1) is 9.84. The highest BCUT2D eigenvalue weighted by Gasteiger charge is 2.34. The van der Waals surface area contributed by atoms with Gasteiger partial charge >= 0.3 is 0 Å². The highest BCUT2D eigenvalue weighted by atomic mass is 32.2. The molecule has 1 aliphatic rings. The fourth-order valence-electron chi connectivity index (χ4n) is 1.98. The molecule has 1 aromatic heterocycles. The van der Waals surface area contributed by atoms with Crippen LogP contribution in [0, 0.1) is 5.92 Å². The van der Waals surface area contributed by atoms with E-state index in [0.717, 1.165) is 11.3 Å². The molecule has 0 radical (unpaired) electrons. The fourth-order valence-corrected chi connectivity index (χ4v) is 4.59. The van der Waals surface area contributed by atoms with E-state index >= 15 is 0 Å². The number of aromatic nitrogens is 2. The molecule has 0 aliphatic carbocycles. The monoisotopic (exact) mass is 333 g/mol. The molecular weight excluding hydrogens is 318 g/mol. The summed E-state index contributed by atoms with van der Waals surface area (Å²) in [4.78, 5) is 10.9. The maximum absolute atomic E-state index is 12.4. The molecule has 0 bridgehead atoms. The smallest absolute Gasteiger partial charge is 0.272 e. The lowest BCUT2D eigenvalue weighted by Gasteiger charge is -2.29. The van der Waals surface area contributed by atoms with Crippen LogP contribution >= 0.6 is 11.3 Å². The maximum atomic E-state index is 12.4. The lowest BCUT2D eigenvalue weighted by Crippen LogP contribution is -2.43. The molecule has 1 atom stereocenters. The number of carbonyl (C=O) groups is 1. The van der Waals surface area contributed by atoms with Gasteiger partial charge in [0.2, 0.25) is 15.4 Å². The Morgan fingerprint density at radius 3 is 2.81 bits per heavy atom. The minimum absolute atomic E-state index is 0.142. The van der Waals surface area contributed by atoms with Crippen molar-refractivity contribution < 1.29 is 18.4 Å². The second-order valence-corrected chi connectivity index (χ2v) is 7.75. The Morgan fingerprint density at radius 2 is 2.24 bits per heavy atom. The van der Waals surface area contributed by atoms with Crippen molar-refractivity contribution in [3.05, 3.63) is 0 Å². The minimum Gasteiger partial charge on any atom is -0.411 e. The van der Waals surface area contributed by atoms with Crippen molar-refractivity contribution in [2.45, 2.75) is 24.6 Å². The first kappa shape index (κ1) is 15.8. The van der Waals surface area contributed by atoms with Crippen LogP contribution in [0.2, 0.25) is 0 Å². The van der Waals surface area contributed by atoms with Crippen molar-refractivity contribution >= 4 is 38.1 Å². The van der Waals surface area contributed by atoms with Gasteiger partial charge in [0.1, 0.15) is 0 Å². The molecule has 116 valence electrons. The van der Waals surface area contributed by atoms with E-state index in [0.29, 0.717) is 12.1 Å². The summed E-state index contributed by atoms with van der Waals surface area (Å²) in [5, 5.41) is 21.8. The second-order valence-electron chi connectivity index (χ2n) is 4.66. The van der Waals surface area contributed by atoms with Gasteiger partial charge in [0.05, 0.1) is 5.71 Å². The van der Waals surface area contributed by atoms with Crippen molar-refractivity contribution in [3.8, 4) is 0 Å². The van der Waals surface area contributed by atoms with Gasteiger partial charge in [0.15, 0.2) is 0 Å². The number of hydrogen-bond donors (Lipinski definition) is 2. The molecule has 1 unspecified atom stereocenters. The van der Waals surface area contributed by atoms with Gasteiger partial charge in [0, 0.05) is 32.4 Å². The molecule has 2 N–H and O–H groups in total. The molecule has 11 heteroatoms. The van der Waals surface area contributed by atoms with E-state index in [-0.39, 0.29) is 34.4 Å². The van der Waals surface area contributed by atoms with Crippen molar-refractivity contribution in [1.29, 1.82) is 0 Å². The SMILES string of the molecule is CC(=O)Nc1nnc(S(=O)(=O)N2CCC(=NO)C(C)C2)s1. The standard InChI is InChI=1S/C10H15N5O4S2/c1-6-5-15(4-3-8(6)14-17)21(18,19)10-13-12-9(20-10)11-7(2)16/h6,17H,3-5H2,1-2H3,(H,11,12,16). The van der Waals surface area contributed by atoms with Crippen molar-refractivity contribution in [3.63, 3.8) is 0 Å². The topological polar surface area (TPSA) is 125 Å². The Bertz CT molecular complexity index is 669. The third kappa shape index (κ3) is 3.36. The number of anilines is 1. The Kier molecular flexibility index (Phi) is 4.54. The van der Waals surface area contributed by atoms with E-state index in [9.17, 15) is 13.2 Å². The van der Waals surface area contributed by atoms with Gasteiger partial charge in [-0.3, -0.25) is 4.79 Å². The van der Waals surface area contributed by atoms with E-state index in [4.69, 9.17) is 5.21 Å². The quantitative estimate of drug-likeness (QED) is 0.467. The normalized spacial score (nSPS) is 22.4. The number of piperidine rings is 1. The number of sulfonamides is 1. The van der Waals surface area contributed by atoms with Crippen LogP contribution in [-0.4, -0.2) is 52.8 Å². The van der Waals surface area contributed by atoms with Crippen LogP contribution in [0.1, 0.15) is 20.3 Å². The van der Waals surface area contributed by atoms with Crippen molar-refractivity contribution in [1.82, 2.24) is 14.5 Å². The largest absolute Gasteiger partial charge is 0.411 e. The predicted octanol–water partition coefficient (Wildman–Crippen LogP) is 0.357. The third-order valence-corrected chi connectivity index (χ3v) is 6.09. The maximum Gasteiger partial charge on any atom is 0.272 e. The lowest BCUT2D eigenvalue weighted by molar-refractivity contribution is -0.114. The molecule has 2 rings (SSSR count). The van der Waals surface area contributed by atoms with Crippen LogP contribution in [-0.2, 0) is 14.8 Å². The average molecular weight is 333 g/mol. The summed E-state index contributed by atoms with van der Waals surface area (Å²) in [6.07, 6.45) is 0.369. The van der Waals surface area contributed by atoms with Gasteiger partial charge in [0.25, 0.3) is 10.0 Å². The molecule has 0 spiro atoms. The number of nitrogens with zero attached hydrogens (tertiary/aromatic N) is 4. The van der Waals surface area contributed by atoms with E-state index in [2.05, 4.69) is 20.7 Å². The zero-order valence-electron chi connectivity index (χ0n) is 11.5. The predicted molar refractivity (Wildman–Crippen MR) is 76.0 cm³/mol. The first-order valence-corrected chi connectivity index (χ1v) is 8.42. The Morgan fingerprint density at radius 1 is 1.52 bits per heavy atom. The Balaban J connectivity index is 2.19. The van der Waals surface area contributed by atoms with E-state index < -0.39 is 10.0 Å². The number of oxime groups is 1. The number of carbonyl (C=O) groups excluding carboxylic acids is 1. The number of nitrogens with one attached hydrogen (secondary N) is 1. The van der Waals surface area contributed by atoms with Crippen molar-refractivity contribution in [2.75, 3.05) is 18.4 Å². The van der Waals surface area contributed by atoms with E-state index in [1.54, 1.807) is 6.92 Å². The third-order valence-electron chi connectivity index (χ3n) is 3.04. The van der Waals surface area contributed by atoms with Crippen LogP contribution in [0.3, 0.4) is 0 Å². The van der Waals surface area contributed by atoms with E-state index in [1.807, 2.05) is 0 Å². The Hall–Kier alpha value is -1.59. The summed E-state index contributed by atoms with van der Waals surface area (Å²) in [6, 6.07) is 0. The molecule has 1 aliphatic heterocycles. The molecule has 21 heavy (non-hydrogen) atoms. The van der Waals surface area contributed by atoms with Gasteiger partial charge in [-0.2, -0.15) is 4.31 Å². The van der Waals surface area contributed by atoms with Gasteiger partial charge in [-0.05, 0) is 0 Å². The highest BCUT2D eigenvalue weighted by molar-refractivity contribution is 7.91. The average Bonchev–Trinajstić information content (AvgIpc) is 2.87. The zero-order chi connectivity index (χ0) is 15.6. The van der Waals surface area contributed by atoms with Crippen LogP contribution in [0.5, 0.6) is 0 Å². The summed E-state index contributed by atoms with van der Waals surface area (Å²) in [5.74, 6) is -0.508. The van der Waals surface area contributed by atoms with E-state index in [1.165, 1.54) is 11.2 Å². The summed E-state index contributed by atoms with van der Waals surface area (Å²) in [5.41, 5.74) is 0.581. The fraction of sp³-hybridized carbons (Fsp3) is 0.600. The molecule has 1 saturated heterocycles. The molecule has 0 aromatic carbocycles. The highest BCUT2D eigenvalue weighted by Crippen LogP contribution is 2.26. The molecule has 1 amide bonds. The van der Waals surface area contributed by atoms with Crippen LogP contribution in [0.4, 0.5) is 5.13 Å². The van der Waals surface area contributed by atoms with Gasteiger partial charge in [-0.1, -0.05) is 23.4 Å². The lowest BCUT2D eigenvalue weighted by atomic mass is 10.00. The summed E-state index contributed by atoms with van der Waals surface area (Å²) in [7, 11) is -3.75. The minimum atomic E-state index is -3.75. The van der Waals surface area contributed by atoms with Crippen LogP contribution in [0.25, 0.3) is 0 Å². The molecule has 1 aromatic rings. The molecule has 1 fully saturated rings. The van der Waals surface area contributed by atoms with Gasteiger partial charge in [-0.25, -0.2) is 8.42 Å². The molecule has 2 heterocycles. The van der Waals surface area contributed by atoms with Crippen LogP contribution < -0.4 is 5.32 Å². The van der Waals surface area contributed by atoms with Gasteiger partial charge in [-0.15, -0.1) is 10.2 Å². The van der Waals surface area contributed by atoms with Crippen molar-refractivity contribution in [2.24, 2.45) is 11.1 Å². The molecule has 0 saturated carbocycles. The molecular formula is C10H15N5O4S2. The summed E-state index contributed by atoms with van der Waals surface area (Å²) in [6.45, 7) is 3.54. The summed E-state index contributed by atoms with van der Waals surface area (Å²) < 4.78 is 26.0. The Labute approximate surface area is 125 Å².